The molecule has 122 valence electrons. The molecule has 1 heterocycles. The zero-order chi connectivity index (χ0) is 15.7. The van der Waals surface area contributed by atoms with Gasteiger partial charge in [-0.25, -0.2) is 4.79 Å². The van der Waals surface area contributed by atoms with E-state index in [-0.39, 0.29) is 18.3 Å². The molecule has 0 aliphatic carbocycles. The number of carbonyl (C=O) groups excluding carboxylic acids is 1. The number of carbonyl (C=O) groups is 1. The van der Waals surface area contributed by atoms with Crippen LogP contribution in [0.5, 0.6) is 0 Å². The zero-order valence-electron chi connectivity index (χ0n) is 13.4. The smallest absolute Gasteiger partial charge is 0.350 e. The third kappa shape index (κ3) is 7.07. The van der Waals surface area contributed by atoms with Gasteiger partial charge in [0.2, 0.25) is 0 Å². The predicted molar refractivity (Wildman–Crippen MR) is 79.4 cm³/mol. The van der Waals surface area contributed by atoms with Crippen molar-refractivity contribution in [2.24, 2.45) is 5.92 Å². The second kappa shape index (κ2) is 9.92. The summed E-state index contributed by atoms with van der Waals surface area (Å²) in [5.41, 5.74) is 0.320. The molecule has 21 heavy (non-hydrogen) atoms. The molecule has 0 radical (unpaired) electrons. The first-order chi connectivity index (χ1) is 10.0. The van der Waals surface area contributed by atoms with E-state index in [2.05, 4.69) is 20.4 Å². The Balaban J connectivity index is 2.46. The minimum absolute atomic E-state index is 0.228. The van der Waals surface area contributed by atoms with Crippen LogP contribution >= 0.6 is 0 Å². The van der Waals surface area contributed by atoms with Gasteiger partial charge in [0, 0.05) is 12.0 Å². The molecule has 5 nitrogen and oxygen atoms in total. The maximum Gasteiger partial charge on any atom is 0.368 e. The van der Waals surface area contributed by atoms with Gasteiger partial charge < -0.3 is 9.47 Å². The zero-order valence-corrected chi connectivity index (χ0v) is 13.4. The van der Waals surface area contributed by atoms with Crippen molar-refractivity contribution in [3.05, 3.63) is 12.2 Å². The molecule has 0 spiro atoms. The molecular weight excluding hydrogens is 272 g/mol. The van der Waals surface area contributed by atoms with E-state index in [0.29, 0.717) is 25.2 Å². The van der Waals surface area contributed by atoms with Gasteiger partial charge in [-0.15, -0.1) is 0 Å². The molecule has 2 atom stereocenters. The van der Waals surface area contributed by atoms with Crippen LogP contribution in [-0.4, -0.2) is 31.6 Å². The van der Waals surface area contributed by atoms with E-state index in [0.717, 1.165) is 12.8 Å². The van der Waals surface area contributed by atoms with E-state index in [1.165, 1.54) is 12.8 Å². The SMILES string of the molecule is C=C(C)C(=O)OOC(CC1OCCO1)C(C)CCCCC. The van der Waals surface area contributed by atoms with E-state index in [4.69, 9.17) is 19.2 Å². The Kier molecular flexibility index (Phi) is 8.57. The van der Waals surface area contributed by atoms with Crippen LogP contribution in [0.3, 0.4) is 0 Å². The lowest BCUT2D eigenvalue weighted by Gasteiger charge is -2.24. The molecule has 0 aromatic carbocycles. The Morgan fingerprint density at radius 1 is 1.33 bits per heavy atom. The van der Waals surface area contributed by atoms with E-state index in [1.807, 2.05) is 0 Å². The minimum Gasteiger partial charge on any atom is -0.350 e. The van der Waals surface area contributed by atoms with Crippen LogP contribution in [0.15, 0.2) is 12.2 Å². The quantitative estimate of drug-likeness (QED) is 0.268. The highest BCUT2D eigenvalue weighted by molar-refractivity contribution is 5.86. The van der Waals surface area contributed by atoms with Gasteiger partial charge in [-0.05, 0) is 19.3 Å². The van der Waals surface area contributed by atoms with E-state index in [9.17, 15) is 4.79 Å². The topological polar surface area (TPSA) is 54.0 Å². The summed E-state index contributed by atoms with van der Waals surface area (Å²) in [6.45, 7) is 10.6. The number of ether oxygens (including phenoxy) is 2. The van der Waals surface area contributed by atoms with Crippen molar-refractivity contribution in [1.82, 2.24) is 0 Å². The maximum absolute atomic E-state index is 11.5. The van der Waals surface area contributed by atoms with Crippen molar-refractivity contribution in [3.63, 3.8) is 0 Å². The van der Waals surface area contributed by atoms with Crippen molar-refractivity contribution < 1.29 is 24.0 Å². The van der Waals surface area contributed by atoms with E-state index < -0.39 is 5.97 Å². The van der Waals surface area contributed by atoms with Crippen LogP contribution in [-0.2, 0) is 24.0 Å². The number of rotatable bonds is 10. The third-order valence-corrected chi connectivity index (χ3v) is 3.61. The lowest BCUT2D eigenvalue weighted by Crippen LogP contribution is -2.29. The van der Waals surface area contributed by atoms with Crippen LogP contribution in [0.1, 0.15) is 52.9 Å². The highest BCUT2D eigenvalue weighted by Gasteiger charge is 2.28. The summed E-state index contributed by atoms with van der Waals surface area (Å²) in [5.74, 6) is -0.267. The maximum atomic E-state index is 11.5. The summed E-state index contributed by atoms with van der Waals surface area (Å²) in [4.78, 5) is 21.7. The third-order valence-electron chi connectivity index (χ3n) is 3.61. The summed E-state index contributed by atoms with van der Waals surface area (Å²) in [6.07, 6.45) is 4.60. The first kappa shape index (κ1) is 18.1. The van der Waals surface area contributed by atoms with Gasteiger partial charge in [0.1, 0.15) is 6.10 Å². The van der Waals surface area contributed by atoms with Gasteiger partial charge in [0.15, 0.2) is 6.29 Å². The largest absolute Gasteiger partial charge is 0.368 e. The molecule has 0 amide bonds. The van der Waals surface area contributed by atoms with Crippen LogP contribution in [0, 0.1) is 5.92 Å². The molecule has 5 heteroatoms. The molecule has 1 saturated heterocycles. The molecular formula is C16H28O5. The standard InChI is InChI=1S/C16H28O5/c1-5-6-7-8-13(4)14(11-15-18-9-10-19-15)20-21-16(17)12(2)3/h13-15H,2,5-11H2,1,3-4H3. The minimum atomic E-state index is -0.533. The van der Waals surface area contributed by atoms with E-state index in [1.54, 1.807) is 6.92 Å². The van der Waals surface area contributed by atoms with Crippen molar-refractivity contribution in [3.8, 4) is 0 Å². The summed E-state index contributed by atoms with van der Waals surface area (Å²) in [5, 5.41) is 0. The second-order valence-corrected chi connectivity index (χ2v) is 5.67. The monoisotopic (exact) mass is 300 g/mol. The summed E-state index contributed by atoms with van der Waals surface area (Å²) in [6, 6.07) is 0. The van der Waals surface area contributed by atoms with Crippen molar-refractivity contribution in [2.45, 2.75) is 65.3 Å². The number of unbranched alkanes of at least 4 members (excludes halogenated alkanes) is 2. The first-order valence-electron chi connectivity index (χ1n) is 7.81. The van der Waals surface area contributed by atoms with Gasteiger partial charge >= 0.3 is 5.97 Å². The van der Waals surface area contributed by atoms with Crippen molar-refractivity contribution in [1.29, 1.82) is 0 Å². The molecule has 0 bridgehead atoms. The van der Waals surface area contributed by atoms with Crippen molar-refractivity contribution in [2.75, 3.05) is 13.2 Å². The van der Waals surface area contributed by atoms with Gasteiger partial charge in [0.25, 0.3) is 0 Å². The average Bonchev–Trinajstić information content (AvgIpc) is 2.95. The van der Waals surface area contributed by atoms with Crippen LogP contribution in [0.25, 0.3) is 0 Å². The molecule has 0 saturated carbocycles. The van der Waals surface area contributed by atoms with Crippen LogP contribution < -0.4 is 0 Å². The molecule has 1 aliphatic rings. The highest BCUT2D eigenvalue weighted by atomic mass is 17.2. The second-order valence-electron chi connectivity index (χ2n) is 5.67. The fraction of sp³-hybridized carbons (Fsp3) is 0.812. The van der Waals surface area contributed by atoms with Gasteiger partial charge in [-0.2, -0.15) is 4.89 Å². The number of hydrogen-bond donors (Lipinski definition) is 0. The molecule has 1 rings (SSSR count). The van der Waals surface area contributed by atoms with Crippen LogP contribution in [0.2, 0.25) is 0 Å². The molecule has 0 aromatic heterocycles. The Morgan fingerprint density at radius 2 is 2.00 bits per heavy atom. The highest BCUT2D eigenvalue weighted by Crippen LogP contribution is 2.23. The Labute approximate surface area is 127 Å². The normalized spacial score (nSPS) is 18.4. The molecule has 2 unspecified atom stereocenters. The Hall–Kier alpha value is -0.910. The number of hydrogen-bond acceptors (Lipinski definition) is 5. The van der Waals surface area contributed by atoms with Crippen LogP contribution in [0.4, 0.5) is 0 Å². The molecule has 1 fully saturated rings. The Morgan fingerprint density at radius 3 is 2.57 bits per heavy atom. The lowest BCUT2D eigenvalue weighted by atomic mass is 9.95. The average molecular weight is 300 g/mol. The first-order valence-corrected chi connectivity index (χ1v) is 7.81. The fourth-order valence-corrected chi connectivity index (χ4v) is 2.18. The fourth-order valence-electron chi connectivity index (χ4n) is 2.18. The van der Waals surface area contributed by atoms with Gasteiger partial charge in [-0.3, -0.25) is 4.89 Å². The van der Waals surface area contributed by atoms with E-state index >= 15 is 0 Å². The van der Waals surface area contributed by atoms with Crippen molar-refractivity contribution >= 4 is 5.97 Å². The van der Waals surface area contributed by atoms with Gasteiger partial charge in [-0.1, -0.05) is 39.7 Å². The summed E-state index contributed by atoms with van der Waals surface area (Å²) >= 11 is 0. The summed E-state index contributed by atoms with van der Waals surface area (Å²) in [7, 11) is 0. The summed E-state index contributed by atoms with van der Waals surface area (Å²) < 4.78 is 10.9. The predicted octanol–water partition coefficient (Wildman–Crippen LogP) is 3.39. The molecule has 0 N–H and O–H groups in total. The Bertz CT molecular complexity index is 323. The lowest BCUT2D eigenvalue weighted by molar-refractivity contribution is -0.310. The molecule has 1 aliphatic heterocycles. The molecule has 0 aromatic rings. The van der Waals surface area contributed by atoms with Gasteiger partial charge in [0.05, 0.1) is 13.2 Å².